The zero-order valence-electron chi connectivity index (χ0n) is 11.3. The molecule has 4 nitrogen and oxygen atoms in total. The molecule has 0 bridgehead atoms. The van der Waals surface area contributed by atoms with E-state index in [1.54, 1.807) is 6.07 Å². The minimum Gasteiger partial charge on any atom is -0.313 e. The van der Waals surface area contributed by atoms with E-state index in [1.165, 1.54) is 12.1 Å². The first-order chi connectivity index (χ1) is 9.65. The molecule has 1 aromatic carbocycles. The third-order valence-corrected chi connectivity index (χ3v) is 4.51. The van der Waals surface area contributed by atoms with Crippen LogP contribution < -0.4 is 10.0 Å². The summed E-state index contributed by atoms with van der Waals surface area (Å²) in [4.78, 5) is -0.221. The predicted octanol–water partition coefficient (Wildman–Crippen LogP) is 2.68. The smallest absolute Gasteiger partial charge is 0.313 e. The average Bonchev–Trinajstić information content (AvgIpc) is 2.35. The summed E-state index contributed by atoms with van der Waals surface area (Å²) in [6.45, 7) is 2.32. The van der Waals surface area contributed by atoms with E-state index in [1.807, 2.05) is 11.6 Å². The molecule has 0 aliphatic rings. The van der Waals surface area contributed by atoms with E-state index in [0.717, 1.165) is 0 Å². The highest BCUT2D eigenvalue weighted by molar-refractivity contribution is 7.89. The van der Waals surface area contributed by atoms with Crippen molar-refractivity contribution < 1.29 is 21.6 Å². The first kappa shape index (κ1) is 18.2. The van der Waals surface area contributed by atoms with Gasteiger partial charge in [0.2, 0.25) is 10.0 Å². The Morgan fingerprint density at radius 3 is 2.52 bits per heavy atom. The monoisotopic (exact) mass is 344 g/mol. The van der Waals surface area contributed by atoms with Gasteiger partial charge in [-0.15, -0.1) is 0 Å². The number of alkyl halides is 3. The normalized spacial score (nSPS) is 12.6. The van der Waals surface area contributed by atoms with Gasteiger partial charge in [-0.05, 0) is 24.2 Å². The van der Waals surface area contributed by atoms with Crippen molar-refractivity contribution >= 4 is 21.6 Å². The molecular formula is C12H16ClF3N2O2S. The zero-order chi connectivity index (χ0) is 16.1. The number of hydrogen-bond donors (Lipinski definition) is 2. The van der Waals surface area contributed by atoms with Crippen LogP contribution in [0.15, 0.2) is 23.1 Å². The summed E-state index contributed by atoms with van der Waals surface area (Å²) in [7, 11) is -4.07. The van der Waals surface area contributed by atoms with Crippen LogP contribution in [0.3, 0.4) is 0 Å². The largest absolute Gasteiger partial charge is 0.390 e. The number of hydrogen-bond acceptors (Lipinski definition) is 3. The summed E-state index contributed by atoms with van der Waals surface area (Å²) in [6.07, 6.45) is -5.65. The minimum absolute atomic E-state index is 0.0326. The van der Waals surface area contributed by atoms with Gasteiger partial charge in [0.05, 0.1) is 11.4 Å². The molecule has 120 valence electrons. The summed E-state index contributed by atoms with van der Waals surface area (Å²) < 4.78 is 62.0. The third kappa shape index (κ3) is 6.21. The molecule has 0 fully saturated rings. The number of nitrogens with one attached hydrogen (secondary N) is 2. The van der Waals surface area contributed by atoms with Crippen LogP contribution in [0.2, 0.25) is 5.02 Å². The van der Waals surface area contributed by atoms with E-state index >= 15 is 0 Å². The van der Waals surface area contributed by atoms with Gasteiger partial charge in [0.25, 0.3) is 0 Å². The SMILES string of the molecule is CCNCc1ccc(Cl)c(S(=O)(=O)NCCC(F)(F)F)c1. The Bertz CT molecular complexity index is 576. The quantitative estimate of drug-likeness (QED) is 0.799. The maximum Gasteiger partial charge on any atom is 0.390 e. The van der Waals surface area contributed by atoms with Gasteiger partial charge in [-0.3, -0.25) is 0 Å². The third-order valence-electron chi connectivity index (χ3n) is 2.56. The highest BCUT2D eigenvalue weighted by atomic mass is 35.5. The van der Waals surface area contributed by atoms with Crippen LogP contribution in [0.25, 0.3) is 0 Å². The summed E-state index contributed by atoms with van der Waals surface area (Å²) in [5.41, 5.74) is 0.678. The lowest BCUT2D eigenvalue weighted by Gasteiger charge is -2.11. The Kier molecular flexibility index (Phi) is 6.45. The lowest BCUT2D eigenvalue weighted by atomic mass is 10.2. The fourth-order valence-electron chi connectivity index (χ4n) is 1.54. The Morgan fingerprint density at radius 1 is 1.29 bits per heavy atom. The molecule has 0 radical (unpaired) electrons. The number of rotatable bonds is 7. The van der Waals surface area contributed by atoms with Crippen molar-refractivity contribution in [2.75, 3.05) is 13.1 Å². The fourth-order valence-corrected chi connectivity index (χ4v) is 3.12. The first-order valence-corrected chi connectivity index (χ1v) is 8.07. The molecule has 0 aliphatic carbocycles. The molecule has 0 spiro atoms. The van der Waals surface area contributed by atoms with Gasteiger partial charge in [-0.2, -0.15) is 13.2 Å². The molecule has 1 rings (SSSR count). The van der Waals surface area contributed by atoms with E-state index in [9.17, 15) is 21.6 Å². The van der Waals surface area contributed by atoms with Crippen LogP contribution in [0.4, 0.5) is 13.2 Å². The summed E-state index contributed by atoms with van der Waals surface area (Å²) in [5, 5.41) is 2.99. The van der Waals surface area contributed by atoms with Crippen molar-refractivity contribution in [1.29, 1.82) is 0 Å². The minimum atomic E-state index is -4.42. The van der Waals surface area contributed by atoms with Crippen molar-refractivity contribution in [2.24, 2.45) is 0 Å². The number of sulfonamides is 1. The molecule has 0 aromatic heterocycles. The van der Waals surface area contributed by atoms with Crippen LogP contribution in [0.5, 0.6) is 0 Å². The summed E-state index contributed by atoms with van der Waals surface area (Å²) in [6, 6.07) is 4.41. The van der Waals surface area contributed by atoms with Gasteiger partial charge >= 0.3 is 6.18 Å². The number of benzene rings is 1. The summed E-state index contributed by atoms with van der Waals surface area (Å²) >= 11 is 5.82. The van der Waals surface area contributed by atoms with Crippen molar-refractivity contribution in [3.05, 3.63) is 28.8 Å². The number of halogens is 4. The van der Waals surface area contributed by atoms with Crippen LogP contribution >= 0.6 is 11.6 Å². The van der Waals surface area contributed by atoms with Crippen molar-refractivity contribution in [1.82, 2.24) is 10.0 Å². The lowest BCUT2D eigenvalue weighted by molar-refractivity contribution is -0.132. The molecule has 0 aliphatic heterocycles. The molecule has 0 saturated heterocycles. The second-order valence-electron chi connectivity index (χ2n) is 4.31. The van der Waals surface area contributed by atoms with Crippen LogP contribution in [0, 0.1) is 0 Å². The fraction of sp³-hybridized carbons (Fsp3) is 0.500. The van der Waals surface area contributed by atoms with Crippen LogP contribution in [0.1, 0.15) is 18.9 Å². The predicted molar refractivity (Wildman–Crippen MR) is 74.7 cm³/mol. The van der Waals surface area contributed by atoms with Gasteiger partial charge in [0.15, 0.2) is 0 Å². The van der Waals surface area contributed by atoms with Gasteiger partial charge in [0, 0.05) is 13.1 Å². The Labute approximate surface area is 126 Å². The van der Waals surface area contributed by atoms with E-state index in [0.29, 0.717) is 18.7 Å². The van der Waals surface area contributed by atoms with E-state index in [4.69, 9.17) is 11.6 Å². The van der Waals surface area contributed by atoms with Crippen LogP contribution in [-0.2, 0) is 16.6 Å². The van der Waals surface area contributed by atoms with Gasteiger partial charge in [-0.1, -0.05) is 24.6 Å². The molecule has 9 heteroatoms. The summed E-state index contributed by atoms with van der Waals surface area (Å²) in [5.74, 6) is 0. The van der Waals surface area contributed by atoms with E-state index < -0.39 is 29.2 Å². The molecule has 0 heterocycles. The highest BCUT2D eigenvalue weighted by Crippen LogP contribution is 2.23. The van der Waals surface area contributed by atoms with Gasteiger partial charge in [0.1, 0.15) is 4.90 Å². The molecule has 21 heavy (non-hydrogen) atoms. The van der Waals surface area contributed by atoms with Crippen LogP contribution in [-0.4, -0.2) is 27.7 Å². The van der Waals surface area contributed by atoms with E-state index in [-0.39, 0.29) is 9.92 Å². The van der Waals surface area contributed by atoms with Crippen molar-refractivity contribution in [3.63, 3.8) is 0 Å². The molecule has 0 saturated carbocycles. The highest BCUT2D eigenvalue weighted by Gasteiger charge is 2.28. The zero-order valence-corrected chi connectivity index (χ0v) is 12.9. The molecule has 0 amide bonds. The van der Waals surface area contributed by atoms with Gasteiger partial charge in [-0.25, -0.2) is 13.1 Å². The molecule has 1 aromatic rings. The van der Waals surface area contributed by atoms with Crippen molar-refractivity contribution in [3.8, 4) is 0 Å². The average molecular weight is 345 g/mol. The molecular weight excluding hydrogens is 329 g/mol. The van der Waals surface area contributed by atoms with Gasteiger partial charge < -0.3 is 5.32 Å². The standard InChI is InChI=1S/C12H16ClF3N2O2S/c1-2-17-8-9-3-4-10(13)11(7-9)21(19,20)18-6-5-12(14,15)16/h3-4,7,17-18H,2,5-6,8H2,1H3. The lowest BCUT2D eigenvalue weighted by Crippen LogP contribution is -2.28. The Balaban J connectivity index is 2.86. The second kappa shape index (κ2) is 7.44. The van der Waals surface area contributed by atoms with Crippen molar-refractivity contribution in [2.45, 2.75) is 31.0 Å². The molecule has 0 unspecified atom stereocenters. The topological polar surface area (TPSA) is 58.2 Å². The molecule has 0 atom stereocenters. The van der Waals surface area contributed by atoms with E-state index in [2.05, 4.69) is 5.32 Å². The maximum atomic E-state index is 12.0. The maximum absolute atomic E-state index is 12.0. The Morgan fingerprint density at radius 2 is 1.95 bits per heavy atom. The Hall–Kier alpha value is -0.830. The second-order valence-corrected chi connectivity index (χ2v) is 6.45. The molecule has 2 N–H and O–H groups in total. The first-order valence-electron chi connectivity index (χ1n) is 6.21.